The number of hydrogen-bond acceptors (Lipinski definition) is 6. The monoisotopic (exact) mass is 266 g/mol. The molecule has 7 heteroatoms. The number of thiazole rings is 1. The Morgan fingerprint density at radius 2 is 2.39 bits per heavy atom. The molecule has 0 aliphatic rings. The summed E-state index contributed by atoms with van der Waals surface area (Å²) in [4.78, 5) is 14.9. The minimum Gasteiger partial charge on any atom is -0.375 e. The first kappa shape index (κ1) is 12.7. The maximum atomic E-state index is 11.2. The van der Waals surface area contributed by atoms with E-state index in [1.165, 1.54) is 11.3 Å². The highest BCUT2D eigenvalue weighted by Crippen LogP contribution is 2.34. The van der Waals surface area contributed by atoms with Gasteiger partial charge in [0.05, 0.1) is 15.1 Å². The van der Waals surface area contributed by atoms with E-state index in [0.717, 1.165) is 11.1 Å². The lowest BCUT2D eigenvalue weighted by molar-refractivity contribution is -0.382. The largest absolute Gasteiger partial charge is 0.375 e. The second-order valence-corrected chi connectivity index (χ2v) is 4.79. The number of nitro benzene ring substituents is 1. The van der Waals surface area contributed by atoms with Crippen molar-refractivity contribution in [2.45, 2.75) is 19.4 Å². The maximum absolute atomic E-state index is 11.2. The van der Waals surface area contributed by atoms with E-state index in [1.54, 1.807) is 11.6 Å². The summed E-state index contributed by atoms with van der Waals surface area (Å²) in [5.41, 5.74) is 8.16. The van der Waals surface area contributed by atoms with Gasteiger partial charge in [-0.05, 0) is 18.6 Å². The van der Waals surface area contributed by atoms with Crippen molar-refractivity contribution in [1.29, 1.82) is 0 Å². The van der Waals surface area contributed by atoms with E-state index >= 15 is 0 Å². The summed E-state index contributed by atoms with van der Waals surface area (Å²) in [6.45, 7) is 2.42. The molecule has 0 bridgehead atoms. The normalized spacial score (nSPS) is 12.6. The van der Waals surface area contributed by atoms with Gasteiger partial charge in [0.2, 0.25) is 0 Å². The molecule has 0 fully saturated rings. The molecule has 0 amide bonds. The van der Waals surface area contributed by atoms with Crippen molar-refractivity contribution in [3.63, 3.8) is 0 Å². The second kappa shape index (κ2) is 5.28. The Balaban J connectivity index is 2.49. The first-order chi connectivity index (χ1) is 8.67. The molecule has 2 aromatic rings. The van der Waals surface area contributed by atoms with Gasteiger partial charge in [-0.3, -0.25) is 10.1 Å². The van der Waals surface area contributed by atoms with E-state index in [0.29, 0.717) is 17.7 Å². The predicted octanol–water partition coefficient (Wildman–Crippen LogP) is 2.35. The van der Waals surface area contributed by atoms with Crippen LogP contribution >= 0.6 is 11.3 Å². The van der Waals surface area contributed by atoms with Crippen LogP contribution in [0.25, 0.3) is 10.2 Å². The summed E-state index contributed by atoms with van der Waals surface area (Å²) >= 11 is 1.39. The summed E-state index contributed by atoms with van der Waals surface area (Å²) in [5.74, 6) is 0. The van der Waals surface area contributed by atoms with Crippen LogP contribution in [0, 0.1) is 10.1 Å². The summed E-state index contributed by atoms with van der Waals surface area (Å²) in [7, 11) is 0. The highest BCUT2D eigenvalue weighted by atomic mass is 32.1. The third-order valence-corrected chi connectivity index (χ3v) is 3.59. The van der Waals surface area contributed by atoms with E-state index in [1.807, 2.05) is 13.0 Å². The van der Waals surface area contributed by atoms with Crippen LogP contribution in [0.3, 0.4) is 0 Å². The second-order valence-electron chi connectivity index (χ2n) is 3.90. The van der Waals surface area contributed by atoms with Gasteiger partial charge in [-0.25, -0.2) is 4.98 Å². The SMILES string of the molecule is CCC(CN)Nc1ccc2scnc2c1[N+](=O)[O-]. The summed E-state index contributed by atoms with van der Waals surface area (Å²) in [5, 5.41) is 14.3. The fourth-order valence-corrected chi connectivity index (χ4v) is 2.44. The Labute approximate surface area is 108 Å². The van der Waals surface area contributed by atoms with Crippen molar-refractivity contribution in [1.82, 2.24) is 4.98 Å². The van der Waals surface area contributed by atoms with Crippen molar-refractivity contribution in [2.24, 2.45) is 5.73 Å². The number of anilines is 1. The fourth-order valence-electron chi connectivity index (χ4n) is 1.77. The number of aromatic nitrogens is 1. The van der Waals surface area contributed by atoms with Crippen LogP contribution in [-0.2, 0) is 0 Å². The van der Waals surface area contributed by atoms with E-state index in [4.69, 9.17) is 5.73 Å². The number of fused-ring (bicyclic) bond motifs is 1. The maximum Gasteiger partial charge on any atom is 0.319 e. The number of nitrogens with zero attached hydrogens (tertiary/aromatic N) is 2. The molecule has 0 saturated carbocycles. The number of nitro groups is 1. The van der Waals surface area contributed by atoms with Crippen molar-refractivity contribution in [3.8, 4) is 0 Å². The van der Waals surface area contributed by atoms with Crippen molar-refractivity contribution in [2.75, 3.05) is 11.9 Å². The van der Waals surface area contributed by atoms with Crippen molar-refractivity contribution in [3.05, 3.63) is 27.8 Å². The van der Waals surface area contributed by atoms with Crippen LogP contribution in [0.15, 0.2) is 17.6 Å². The van der Waals surface area contributed by atoms with E-state index < -0.39 is 4.92 Å². The minimum absolute atomic E-state index is 0.0276. The van der Waals surface area contributed by atoms with Crippen LogP contribution < -0.4 is 11.1 Å². The fraction of sp³-hybridized carbons (Fsp3) is 0.364. The third-order valence-electron chi connectivity index (χ3n) is 2.80. The number of nitrogens with two attached hydrogens (primary N) is 1. The zero-order valence-electron chi connectivity index (χ0n) is 9.92. The number of hydrogen-bond donors (Lipinski definition) is 2. The Morgan fingerprint density at radius 3 is 3.00 bits per heavy atom. The van der Waals surface area contributed by atoms with Crippen LogP contribution in [0.1, 0.15) is 13.3 Å². The molecule has 6 nitrogen and oxygen atoms in total. The molecule has 18 heavy (non-hydrogen) atoms. The molecule has 0 radical (unpaired) electrons. The van der Waals surface area contributed by atoms with Crippen molar-refractivity contribution >= 4 is 32.9 Å². The molecule has 0 aliphatic heterocycles. The van der Waals surface area contributed by atoms with Gasteiger partial charge in [0.25, 0.3) is 0 Å². The lowest BCUT2D eigenvalue weighted by Gasteiger charge is -2.15. The average molecular weight is 266 g/mol. The first-order valence-corrected chi connectivity index (χ1v) is 6.52. The summed E-state index contributed by atoms with van der Waals surface area (Å²) in [6.07, 6.45) is 0.808. The quantitative estimate of drug-likeness (QED) is 0.640. The van der Waals surface area contributed by atoms with E-state index in [-0.39, 0.29) is 11.7 Å². The Kier molecular flexibility index (Phi) is 3.73. The molecule has 96 valence electrons. The highest BCUT2D eigenvalue weighted by molar-refractivity contribution is 7.16. The molecule has 1 aromatic carbocycles. The van der Waals surface area contributed by atoms with Gasteiger partial charge >= 0.3 is 5.69 Å². The van der Waals surface area contributed by atoms with Gasteiger partial charge in [-0.2, -0.15) is 0 Å². The summed E-state index contributed by atoms with van der Waals surface area (Å²) < 4.78 is 0.813. The molecule has 1 atom stereocenters. The Bertz CT molecular complexity index is 565. The molecule has 2 rings (SSSR count). The summed E-state index contributed by atoms with van der Waals surface area (Å²) in [6, 6.07) is 3.59. The van der Waals surface area contributed by atoms with Crippen molar-refractivity contribution < 1.29 is 4.92 Å². The Hall–Kier alpha value is -1.73. The van der Waals surface area contributed by atoms with Gasteiger partial charge in [0, 0.05) is 12.6 Å². The van der Waals surface area contributed by atoms with E-state index in [9.17, 15) is 10.1 Å². The zero-order chi connectivity index (χ0) is 13.1. The molecule has 1 aromatic heterocycles. The van der Waals surface area contributed by atoms with Crippen LogP contribution in [0.5, 0.6) is 0 Å². The van der Waals surface area contributed by atoms with Crippen LogP contribution in [-0.4, -0.2) is 22.5 Å². The molecule has 3 N–H and O–H groups in total. The first-order valence-electron chi connectivity index (χ1n) is 5.64. The lowest BCUT2D eigenvalue weighted by Crippen LogP contribution is -2.28. The Morgan fingerprint density at radius 1 is 1.61 bits per heavy atom. The molecule has 1 unspecified atom stereocenters. The molecular weight excluding hydrogens is 252 g/mol. The molecule has 1 heterocycles. The minimum atomic E-state index is -0.395. The van der Waals surface area contributed by atoms with Crippen LogP contribution in [0.4, 0.5) is 11.4 Å². The van der Waals surface area contributed by atoms with Gasteiger partial charge < -0.3 is 11.1 Å². The number of rotatable bonds is 5. The smallest absolute Gasteiger partial charge is 0.319 e. The molecule has 0 spiro atoms. The topological polar surface area (TPSA) is 94.1 Å². The van der Waals surface area contributed by atoms with Gasteiger partial charge in [0.15, 0.2) is 5.52 Å². The van der Waals surface area contributed by atoms with Crippen LogP contribution in [0.2, 0.25) is 0 Å². The average Bonchev–Trinajstić information content (AvgIpc) is 2.82. The third kappa shape index (κ3) is 2.27. The zero-order valence-corrected chi connectivity index (χ0v) is 10.7. The van der Waals surface area contributed by atoms with Gasteiger partial charge in [-0.1, -0.05) is 6.92 Å². The number of nitrogens with one attached hydrogen (secondary N) is 1. The molecular formula is C11H14N4O2S. The lowest BCUT2D eigenvalue weighted by atomic mass is 10.2. The molecule has 0 saturated heterocycles. The molecule has 0 aliphatic carbocycles. The predicted molar refractivity (Wildman–Crippen MR) is 73.0 cm³/mol. The number of benzene rings is 1. The van der Waals surface area contributed by atoms with Gasteiger partial charge in [0.1, 0.15) is 5.69 Å². The standard InChI is InChI=1S/C11H14N4O2S/c1-2-7(5-12)14-8-3-4-9-10(13-6-18-9)11(8)15(16)17/h3-4,6-7,14H,2,5,12H2,1H3. The highest BCUT2D eigenvalue weighted by Gasteiger charge is 2.21. The van der Waals surface area contributed by atoms with E-state index in [2.05, 4.69) is 10.3 Å². The van der Waals surface area contributed by atoms with Gasteiger partial charge in [-0.15, -0.1) is 11.3 Å².